The highest BCUT2D eigenvalue weighted by Crippen LogP contribution is 2.63. The van der Waals surface area contributed by atoms with Gasteiger partial charge in [-0.15, -0.1) is 0 Å². The Labute approximate surface area is 134 Å². The minimum atomic E-state index is -3.87. The molecule has 1 saturated carbocycles. The van der Waals surface area contributed by atoms with Gasteiger partial charge in [0.2, 0.25) is 0 Å². The van der Waals surface area contributed by atoms with Crippen LogP contribution in [0.3, 0.4) is 0 Å². The molecule has 6 heteroatoms. The van der Waals surface area contributed by atoms with Crippen molar-refractivity contribution in [3.8, 4) is 0 Å². The fourth-order valence-corrected chi connectivity index (χ4v) is 5.65. The molecule has 2 N–H and O–H groups in total. The summed E-state index contributed by atoms with van der Waals surface area (Å²) < 4.78 is 25.8. The number of aliphatic hydroxyl groups is 1. The average Bonchev–Trinajstić information content (AvgIpc) is 3.28. The van der Waals surface area contributed by atoms with Crippen LogP contribution in [-0.2, 0) is 14.6 Å². The van der Waals surface area contributed by atoms with Crippen LogP contribution in [0.1, 0.15) is 11.5 Å². The summed E-state index contributed by atoms with van der Waals surface area (Å²) in [6.07, 6.45) is 0. The molecule has 2 aromatic carbocycles. The van der Waals surface area contributed by atoms with E-state index in [1.807, 2.05) is 0 Å². The van der Waals surface area contributed by atoms with E-state index in [1.165, 1.54) is 12.1 Å². The summed E-state index contributed by atoms with van der Waals surface area (Å²) in [4.78, 5) is 11.8. The Hall–Kier alpha value is -2.18. The minimum Gasteiger partial charge on any atom is -0.481 e. The predicted octanol–water partition coefficient (Wildman–Crippen LogP) is 1.69. The summed E-state index contributed by atoms with van der Waals surface area (Å²) >= 11 is 0. The number of carbonyl (C=O) groups is 1. The van der Waals surface area contributed by atoms with Gasteiger partial charge in [0.05, 0.1) is 16.8 Å². The van der Waals surface area contributed by atoms with Crippen LogP contribution in [0.5, 0.6) is 0 Å². The Bertz CT molecular complexity index is 817. The highest BCUT2D eigenvalue weighted by molar-refractivity contribution is 7.92. The Balaban J connectivity index is 2.12. The molecule has 0 spiro atoms. The summed E-state index contributed by atoms with van der Waals surface area (Å²) in [5, 5.41) is 18.1. The smallest absolute Gasteiger partial charge is 0.314 e. The SMILES string of the molecule is O=C(O)[C@]1(CO)[C@H](c2ccccc2)[C@H]1S(=O)(=O)c1ccccc1. The van der Waals surface area contributed by atoms with Gasteiger partial charge in [-0.3, -0.25) is 4.79 Å². The van der Waals surface area contributed by atoms with E-state index in [4.69, 9.17) is 0 Å². The topological polar surface area (TPSA) is 91.7 Å². The molecule has 1 fully saturated rings. The van der Waals surface area contributed by atoms with E-state index in [-0.39, 0.29) is 4.90 Å². The monoisotopic (exact) mass is 332 g/mol. The summed E-state index contributed by atoms with van der Waals surface area (Å²) in [6, 6.07) is 16.4. The van der Waals surface area contributed by atoms with Crippen LogP contribution in [0, 0.1) is 5.41 Å². The molecule has 2 aromatic rings. The second-order valence-electron chi connectivity index (χ2n) is 5.67. The maximum atomic E-state index is 12.9. The van der Waals surface area contributed by atoms with Gasteiger partial charge in [0.15, 0.2) is 9.84 Å². The van der Waals surface area contributed by atoms with Crippen molar-refractivity contribution >= 4 is 15.8 Å². The fourth-order valence-electron chi connectivity index (χ4n) is 3.26. The standard InChI is InChI=1S/C17H16O5S/c18-11-17(16(19)20)14(12-7-3-1-4-8-12)15(17)23(21,22)13-9-5-2-6-10-13/h1-10,14-15,18H,11H2,(H,19,20)/t14-,15-,17-/m1/s1. The minimum absolute atomic E-state index is 0.0718. The van der Waals surface area contributed by atoms with Gasteiger partial charge < -0.3 is 10.2 Å². The molecule has 1 aliphatic carbocycles. The van der Waals surface area contributed by atoms with Gasteiger partial charge in [-0.05, 0) is 17.7 Å². The zero-order valence-electron chi connectivity index (χ0n) is 12.2. The zero-order valence-corrected chi connectivity index (χ0v) is 13.0. The third kappa shape index (κ3) is 2.26. The van der Waals surface area contributed by atoms with Crippen LogP contribution >= 0.6 is 0 Å². The first-order chi connectivity index (χ1) is 11.0. The normalized spacial score (nSPS) is 26.7. The average molecular weight is 332 g/mol. The highest BCUT2D eigenvalue weighted by Gasteiger charge is 2.75. The van der Waals surface area contributed by atoms with E-state index in [9.17, 15) is 23.4 Å². The lowest BCUT2D eigenvalue weighted by Gasteiger charge is -2.09. The van der Waals surface area contributed by atoms with Crippen LogP contribution in [0.15, 0.2) is 65.6 Å². The molecular formula is C17H16O5S. The number of hydrogen-bond acceptors (Lipinski definition) is 4. The molecular weight excluding hydrogens is 316 g/mol. The lowest BCUT2D eigenvalue weighted by atomic mass is 10.0. The van der Waals surface area contributed by atoms with Crippen LogP contribution in [0.4, 0.5) is 0 Å². The lowest BCUT2D eigenvalue weighted by molar-refractivity contribution is -0.145. The molecule has 0 aliphatic heterocycles. The maximum Gasteiger partial charge on any atom is 0.314 e. The first-order valence-electron chi connectivity index (χ1n) is 7.14. The highest BCUT2D eigenvalue weighted by atomic mass is 32.2. The Morgan fingerprint density at radius 3 is 2.00 bits per heavy atom. The Kier molecular flexibility index (Phi) is 3.74. The summed E-state index contributed by atoms with van der Waals surface area (Å²) in [5.41, 5.74) is -1.09. The van der Waals surface area contributed by atoms with Crippen molar-refractivity contribution in [3.05, 3.63) is 66.2 Å². The zero-order chi connectivity index (χ0) is 16.7. The number of hydrogen-bond donors (Lipinski definition) is 2. The molecule has 120 valence electrons. The number of carboxylic acids is 1. The second kappa shape index (κ2) is 5.47. The van der Waals surface area contributed by atoms with E-state index >= 15 is 0 Å². The third-order valence-corrected chi connectivity index (χ3v) is 6.77. The Morgan fingerprint density at radius 2 is 1.52 bits per heavy atom. The molecule has 0 unspecified atom stereocenters. The van der Waals surface area contributed by atoms with E-state index in [0.717, 1.165) is 0 Å². The van der Waals surface area contributed by atoms with Gasteiger partial charge in [0, 0.05) is 5.92 Å². The third-order valence-electron chi connectivity index (χ3n) is 4.48. The molecule has 23 heavy (non-hydrogen) atoms. The molecule has 0 saturated heterocycles. The maximum absolute atomic E-state index is 12.9. The number of rotatable bonds is 5. The quantitative estimate of drug-likeness (QED) is 0.869. The van der Waals surface area contributed by atoms with Gasteiger partial charge >= 0.3 is 5.97 Å². The second-order valence-corrected chi connectivity index (χ2v) is 7.74. The Morgan fingerprint density at radius 1 is 1.00 bits per heavy atom. The molecule has 0 heterocycles. The molecule has 0 radical (unpaired) electrons. The van der Waals surface area contributed by atoms with Crippen molar-refractivity contribution in [1.29, 1.82) is 0 Å². The summed E-state index contributed by atoms with van der Waals surface area (Å²) in [6.45, 7) is -0.724. The molecule has 1 aliphatic rings. The van der Waals surface area contributed by atoms with E-state index in [0.29, 0.717) is 5.56 Å². The van der Waals surface area contributed by atoms with Gasteiger partial charge in [0.1, 0.15) is 5.41 Å². The van der Waals surface area contributed by atoms with Crippen molar-refractivity contribution in [1.82, 2.24) is 0 Å². The number of sulfone groups is 1. The van der Waals surface area contributed by atoms with Crippen molar-refractivity contribution < 1.29 is 23.4 Å². The van der Waals surface area contributed by atoms with Crippen LogP contribution in [0.25, 0.3) is 0 Å². The molecule has 0 amide bonds. The van der Waals surface area contributed by atoms with E-state index in [2.05, 4.69) is 0 Å². The number of aliphatic hydroxyl groups excluding tert-OH is 1. The summed E-state index contributed by atoms with van der Waals surface area (Å²) in [7, 11) is -3.87. The first-order valence-corrected chi connectivity index (χ1v) is 8.69. The lowest BCUT2D eigenvalue weighted by Crippen LogP contribution is -2.27. The van der Waals surface area contributed by atoms with E-state index in [1.54, 1.807) is 48.5 Å². The predicted molar refractivity (Wildman–Crippen MR) is 83.8 cm³/mol. The first kappa shape index (κ1) is 15.7. The summed E-state index contributed by atoms with van der Waals surface area (Å²) in [5.74, 6) is -2.06. The van der Waals surface area contributed by atoms with Gasteiger partial charge in [-0.2, -0.15) is 0 Å². The largest absolute Gasteiger partial charge is 0.481 e. The van der Waals surface area contributed by atoms with Crippen LogP contribution in [-0.4, -0.2) is 36.5 Å². The van der Waals surface area contributed by atoms with Gasteiger partial charge in [-0.25, -0.2) is 8.42 Å². The van der Waals surface area contributed by atoms with Crippen molar-refractivity contribution in [2.45, 2.75) is 16.1 Å². The van der Waals surface area contributed by atoms with Crippen molar-refractivity contribution in [2.75, 3.05) is 6.61 Å². The van der Waals surface area contributed by atoms with Crippen LogP contribution in [0.2, 0.25) is 0 Å². The van der Waals surface area contributed by atoms with Crippen LogP contribution < -0.4 is 0 Å². The molecule has 5 nitrogen and oxygen atoms in total. The molecule has 3 rings (SSSR count). The molecule has 0 bridgehead atoms. The van der Waals surface area contributed by atoms with E-state index < -0.39 is 39.0 Å². The van der Waals surface area contributed by atoms with Crippen molar-refractivity contribution in [2.24, 2.45) is 5.41 Å². The van der Waals surface area contributed by atoms with Gasteiger partial charge in [-0.1, -0.05) is 48.5 Å². The van der Waals surface area contributed by atoms with Crippen molar-refractivity contribution in [3.63, 3.8) is 0 Å². The fraction of sp³-hybridized carbons (Fsp3) is 0.235. The number of aliphatic carboxylic acids is 1. The number of benzene rings is 2. The molecule has 3 atom stereocenters. The molecule has 0 aromatic heterocycles. The number of carboxylic acid groups (broad SMARTS) is 1. The van der Waals surface area contributed by atoms with Gasteiger partial charge in [0.25, 0.3) is 0 Å².